The van der Waals surface area contributed by atoms with Crippen molar-refractivity contribution in [2.45, 2.75) is 90.5 Å². The van der Waals surface area contributed by atoms with Crippen LogP contribution in [0.1, 0.15) is 65.4 Å². The van der Waals surface area contributed by atoms with Gasteiger partial charge in [-0.05, 0) is 73.5 Å². The molecule has 11 heteroatoms. The molecular weight excluding hydrogens is 560 g/mol. The zero-order valence-corrected chi connectivity index (χ0v) is 25.2. The molecule has 1 saturated heterocycles. The molecule has 1 aromatic rings. The summed E-state index contributed by atoms with van der Waals surface area (Å²) >= 11 is 0. The Labute approximate surface area is 251 Å². The molecule has 43 heavy (non-hydrogen) atoms. The molecule has 0 unspecified atom stereocenters. The first-order valence-corrected chi connectivity index (χ1v) is 14.9. The van der Waals surface area contributed by atoms with Crippen LogP contribution in [0.3, 0.4) is 0 Å². The monoisotopic (exact) mass is 600 g/mol. The molecule has 1 aromatic carbocycles. The maximum absolute atomic E-state index is 12.2. The first kappa shape index (κ1) is 30.8. The molecule has 11 nitrogen and oxygen atoms in total. The van der Waals surface area contributed by atoms with Crippen LogP contribution in [-0.2, 0) is 47.6 Å². The largest absolute Gasteiger partial charge is 0.496 e. The summed E-state index contributed by atoms with van der Waals surface area (Å²) < 4.78 is 40.1. The van der Waals surface area contributed by atoms with Crippen molar-refractivity contribution >= 4 is 29.6 Å². The molecule has 5 atom stereocenters. The number of carbonyl (C=O) groups excluding carboxylic acids is 4. The van der Waals surface area contributed by atoms with E-state index < -0.39 is 54.6 Å². The minimum absolute atomic E-state index is 0.331. The second-order valence-corrected chi connectivity index (χ2v) is 12.0. The fourth-order valence-corrected chi connectivity index (χ4v) is 7.59. The number of ether oxygens (including phenoxy) is 7. The number of esters is 4. The summed E-state index contributed by atoms with van der Waals surface area (Å²) in [4.78, 5) is 47.9. The molecule has 234 valence electrons. The van der Waals surface area contributed by atoms with Crippen LogP contribution in [0.25, 0.3) is 5.76 Å². The summed E-state index contributed by atoms with van der Waals surface area (Å²) in [5, 5.41) is 0. The fraction of sp³-hybridized carbons (Fsp3) is 0.625. The second kappa shape index (κ2) is 13.0. The van der Waals surface area contributed by atoms with Gasteiger partial charge >= 0.3 is 23.9 Å². The molecule has 0 amide bonds. The molecule has 6 rings (SSSR count). The van der Waals surface area contributed by atoms with Gasteiger partial charge in [-0.1, -0.05) is 12.1 Å². The number of allylic oxidation sites excluding steroid dienone is 1. The number of hydrogen-bond donors (Lipinski definition) is 0. The van der Waals surface area contributed by atoms with E-state index in [0.717, 1.165) is 23.2 Å². The summed E-state index contributed by atoms with van der Waals surface area (Å²) in [5.74, 6) is 1.22. The van der Waals surface area contributed by atoms with Crippen molar-refractivity contribution < 1.29 is 52.3 Å². The lowest BCUT2D eigenvalue weighted by Crippen LogP contribution is -2.63. The molecule has 1 aliphatic heterocycles. The molecule has 0 spiro atoms. The maximum Gasteiger partial charge on any atom is 0.303 e. The summed E-state index contributed by atoms with van der Waals surface area (Å²) in [6.07, 6.45) is -0.110. The highest BCUT2D eigenvalue weighted by molar-refractivity contribution is 5.69. The van der Waals surface area contributed by atoms with Crippen LogP contribution in [0.5, 0.6) is 5.75 Å². The number of hydrogen-bond acceptors (Lipinski definition) is 11. The van der Waals surface area contributed by atoms with Gasteiger partial charge in [-0.3, -0.25) is 19.2 Å². The average molecular weight is 601 g/mol. The summed E-state index contributed by atoms with van der Waals surface area (Å²) in [5.41, 5.74) is 2.24. The van der Waals surface area contributed by atoms with Crippen LogP contribution in [0.2, 0.25) is 0 Å². The van der Waals surface area contributed by atoms with Crippen molar-refractivity contribution in [3.63, 3.8) is 0 Å². The van der Waals surface area contributed by atoms with Crippen molar-refractivity contribution in [1.29, 1.82) is 0 Å². The minimum atomic E-state index is -1.31. The molecule has 0 radical (unpaired) electrons. The Morgan fingerprint density at radius 1 is 0.767 bits per heavy atom. The molecule has 4 aliphatic carbocycles. The van der Waals surface area contributed by atoms with Gasteiger partial charge in [0.25, 0.3) is 0 Å². The first-order valence-electron chi connectivity index (χ1n) is 14.9. The zero-order chi connectivity index (χ0) is 30.8. The average Bonchev–Trinajstić information content (AvgIpc) is 2.92. The molecule has 1 heterocycles. The number of carbonyl (C=O) groups is 4. The first-order chi connectivity index (χ1) is 20.5. The third kappa shape index (κ3) is 6.98. The Morgan fingerprint density at radius 3 is 1.91 bits per heavy atom. The number of rotatable bonds is 9. The Morgan fingerprint density at radius 2 is 1.35 bits per heavy atom. The van der Waals surface area contributed by atoms with Gasteiger partial charge in [-0.25, -0.2) is 0 Å². The molecule has 4 saturated carbocycles. The molecule has 5 fully saturated rings. The van der Waals surface area contributed by atoms with E-state index in [0.29, 0.717) is 17.6 Å². The Hall–Kier alpha value is -3.60. The van der Waals surface area contributed by atoms with Gasteiger partial charge in [0.05, 0.1) is 7.11 Å². The summed E-state index contributed by atoms with van der Waals surface area (Å²) in [6, 6.07) is 7.38. The van der Waals surface area contributed by atoms with E-state index in [1.807, 2.05) is 18.2 Å². The third-order valence-corrected chi connectivity index (χ3v) is 8.78. The van der Waals surface area contributed by atoms with Crippen LogP contribution in [0.15, 0.2) is 29.8 Å². The molecule has 0 aromatic heterocycles. The standard InChI is InChI=1S/C32H40O11/c1-16(33)38-15-26-29(39-17(2)34)30(40-18(3)35)31(41-19(4)36)32(43-26)42-25-8-6-7-22(14-25)28(37-5)27-23-10-20-9-21(12-23)13-24(27)11-20/h6-8,14,20-21,23-24,26,29-32H,9-13,15H2,1-5H3/t20?,21?,23?,24?,26-,29+,30+,31-,32-/m1/s1. The van der Waals surface area contributed by atoms with Crippen LogP contribution >= 0.6 is 0 Å². The molecular formula is C32H40O11. The van der Waals surface area contributed by atoms with Gasteiger partial charge in [-0.15, -0.1) is 0 Å². The highest BCUT2D eigenvalue weighted by Crippen LogP contribution is 2.58. The molecule has 5 aliphatic rings. The quantitative estimate of drug-likeness (QED) is 0.232. The summed E-state index contributed by atoms with van der Waals surface area (Å²) in [7, 11) is 1.69. The predicted molar refractivity (Wildman–Crippen MR) is 150 cm³/mol. The highest BCUT2D eigenvalue weighted by atomic mass is 16.7. The minimum Gasteiger partial charge on any atom is -0.496 e. The van der Waals surface area contributed by atoms with E-state index in [1.54, 1.807) is 13.2 Å². The lowest BCUT2D eigenvalue weighted by Gasteiger charge is -2.51. The molecule has 4 bridgehead atoms. The third-order valence-electron chi connectivity index (χ3n) is 8.78. The van der Waals surface area contributed by atoms with Gasteiger partial charge < -0.3 is 33.2 Å². The van der Waals surface area contributed by atoms with Crippen molar-refractivity contribution in [2.24, 2.45) is 23.7 Å². The van der Waals surface area contributed by atoms with E-state index in [-0.39, 0.29) is 6.61 Å². The van der Waals surface area contributed by atoms with Crippen LogP contribution in [0, 0.1) is 23.7 Å². The summed E-state index contributed by atoms with van der Waals surface area (Å²) in [6.45, 7) is 4.43. The van der Waals surface area contributed by atoms with Crippen LogP contribution in [0.4, 0.5) is 0 Å². The van der Waals surface area contributed by atoms with E-state index in [9.17, 15) is 19.2 Å². The number of benzene rings is 1. The Kier molecular flexibility index (Phi) is 9.29. The maximum atomic E-state index is 12.2. The normalized spacial score (nSPS) is 32.4. The van der Waals surface area contributed by atoms with Gasteiger partial charge in [0, 0.05) is 33.3 Å². The van der Waals surface area contributed by atoms with E-state index >= 15 is 0 Å². The van der Waals surface area contributed by atoms with Crippen molar-refractivity contribution in [2.75, 3.05) is 13.7 Å². The molecule has 0 N–H and O–H groups in total. The topological polar surface area (TPSA) is 133 Å². The SMILES string of the molecule is COC(=C1C2CC3CC(C2)CC1C3)c1cccc(O[C@@H]2O[C@H](COC(C)=O)[C@H](OC(C)=O)[C@H](OC(C)=O)[C@H]2OC(C)=O)c1. The predicted octanol–water partition coefficient (Wildman–Crippen LogP) is 3.96. The van der Waals surface area contributed by atoms with Gasteiger partial charge in [0.2, 0.25) is 12.4 Å². The number of methoxy groups -OCH3 is 1. The van der Waals surface area contributed by atoms with Gasteiger partial charge in [-0.2, -0.15) is 0 Å². The smallest absolute Gasteiger partial charge is 0.303 e. The van der Waals surface area contributed by atoms with Crippen molar-refractivity contribution in [3.8, 4) is 5.75 Å². The van der Waals surface area contributed by atoms with Crippen LogP contribution < -0.4 is 4.74 Å². The van der Waals surface area contributed by atoms with Gasteiger partial charge in [0.15, 0.2) is 12.2 Å². The Bertz CT molecular complexity index is 1240. The van der Waals surface area contributed by atoms with Crippen LogP contribution in [-0.4, -0.2) is 68.3 Å². The second-order valence-electron chi connectivity index (χ2n) is 12.0. The lowest BCUT2D eigenvalue weighted by atomic mass is 9.54. The lowest BCUT2D eigenvalue weighted by molar-refractivity contribution is -0.288. The van der Waals surface area contributed by atoms with E-state index in [1.165, 1.54) is 65.4 Å². The Balaban J connectivity index is 1.46. The highest BCUT2D eigenvalue weighted by Gasteiger charge is 2.53. The van der Waals surface area contributed by atoms with Crippen molar-refractivity contribution in [1.82, 2.24) is 0 Å². The van der Waals surface area contributed by atoms with Crippen molar-refractivity contribution in [3.05, 3.63) is 35.4 Å². The van der Waals surface area contributed by atoms with E-state index in [2.05, 4.69) is 0 Å². The van der Waals surface area contributed by atoms with Gasteiger partial charge in [0.1, 0.15) is 24.2 Å². The van der Waals surface area contributed by atoms with E-state index in [4.69, 9.17) is 33.2 Å². The zero-order valence-electron chi connectivity index (χ0n) is 25.2. The fourth-order valence-electron chi connectivity index (χ4n) is 7.59.